The van der Waals surface area contributed by atoms with Crippen LogP contribution in [-0.4, -0.2) is 31.2 Å². The largest absolute Gasteiger partial charge is 0.364 e. The van der Waals surface area contributed by atoms with Gasteiger partial charge in [-0.05, 0) is 0 Å². The van der Waals surface area contributed by atoms with E-state index in [2.05, 4.69) is 0 Å². The summed E-state index contributed by atoms with van der Waals surface area (Å²) in [4.78, 5) is 12.1. The summed E-state index contributed by atoms with van der Waals surface area (Å²) in [6.45, 7) is 1.32. The fraction of sp³-hybridized carbons (Fsp3) is 0.800. The minimum absolute atomic E-state index is 0.201. The molecule has 0 N–H and O–H groups in total. The van der Waals surface area contributed by atoms with Gasteiger partial charge < -0.3 is 9.64 Å². The summed E-state index contributed by atoms with van der Waals surface area (Å²) in [6.07, 6.45) is 0.698. The second kappa shape index (κ2) is 2.13. The van der Waals surface area contributed by atoms with Gasteiger partial charge in [-0.3, -0.25) is 4.79 Å². The minimum atomic E-state index is 0.201. The Hall–Kier alpha value is -0.570. The maximum atomic E-state index is 10.5. The van der Waals surface area contributed by atoms with Crippen molar-refractivity contribution in [1.29, 1.82) is 0 Å². The number of hydrogen-bond donors (Lipinski definition) is 0. The molecule has 1 saturated heterocycles. The highest BCUT2D eigenvalue weighted by Gasteiger charge is 2.22. The molecule has 0 atom stereocenters. The molecule has 0 unspecified atom stereocenters. The van der Waals surface area contributed by atoms with Crippen LogP contribution in [0.2, 0.25) is 0 Å². The summed E-state index contributed by atoms with van der Waals surface area (Å²) < 4.78 is 4.72. The molecule has 1 aliphatic heterocycles. The fourth-order valence-electron chi connectivity index (χ4n) is 0.654. The lowest BCUT2D eigenvalue weighted by molar-refractivity contribution is -0.145. The van der Waals surface area contributed by atoms with Crippen LogP contribution < -0.4 is 0 Å². The molecule has 0 aromatic rings. The zero-order chi connectivity index (χ0) is 5.98. The molecule has 8 heavy (non-hydrogen) atoms. The zero-order valence-corrected chi connectivity index (χ0v) is 4.89. The van der Waals surface area contributed by atoms with Crippen LogP contribution in [-0.2, 0) is 9.53 Å². The Morgan fingerprint density at radius 2 is 2.62 bits per heavy atom. The highest BCUT2D eigenvalue weighted by atomic mass is 16.5. The van der Waals surface area contributed by atoms with Gasteiger partial charge in [0.25, 0.3) is 0 Å². The number of ether oxygens (including phenoxy) is 1. The highest BCUT2D eigenvalue weighted by molar-refractivity contribution is 5.81. The number of rotatable bonds is 2. The Bertz CT molecular complexity index is 103. The Kier molecular flexibility index (Phi) is 1.48. The van der Waals surface area contributed by atoms with Crippen LogP contribution in [0.5, 0.6) is 0 Å². The van der Waals surface area contributed by atoms with Crippen LogP contribution in [0.1, 0.15) is 6.42 Å². The molecule has 1 amide bonds. The number of β-lactam (4-membered cyclic amide) rings is 1. The smallest absolute Gasteiger partial charge is 0.226 e. The molecule has 0 radical (unpaired) electrons. The predicted molar refractivity (Wildman–Crippen MR) is 28.2 cm³/mol. The van der Waals surface area contributed by atoms with Gasteiger partial charge >= 0.3 is 0 Å². The lowest BCUT2D eigenvalue weighted by atomic mass is 10.2. The Labute approximate surface area is 48.2 Å². The number of carbonyl (C=O) groups excluding carboxylic acids is 1. The minimum Gasteiger partial charge on any atom is -0.364 e. The van der Waals surface area contributed by atoms with E-state index in [0.29, 0.717) is 13.2 Å². The van der Waals surface area contributed by atoms with Gasteiger partial charge in [-0.15, -0.1) is 0 Å². The number of likely N-dealkylation sites (tertiary alicyclic amines) is 1. The maximum Gasteiger partial charge on any atom is 0.226 e. The van der Waals surface area contributed by atoms with E-state index < -0.39 is 0 Å². The van der Waals surface area contributed by atoms with E-state index >= 15 is 0 Å². The molecule has 0 aromatic carbocycles. The first-order chi connectivity index (χ1) is 3.84. The van der Waals surface area contributed by atoms with E-state index in [1.54, 1.807) is 12.0 Å². The molecule has 46 valence electrons. The molecular formula is C5H9NO2. The van der Waals surface area contributed by atoms with Gasteiger partial charge in [0.1, 0.15) is 6.73 Å². The van der Waals surface area contributed by atoms with Crippen molar-refractivity contribution < 1.29 is 9.53 Å². The number of amides is 1. The van der Waals surface area contributed by atoms with E-state index in [4.69, 9.17) is 4.74 Å². The molecule has 1 rings (SSSR count). The van der Waals surface area contributed by atoms with Crippen molar-refractivity contribution in [3.8, 4) is 0 Å². The van der Waals surface area contributed by atoms with Gasteiger partial charge in [0.15, 0.2) is 0 Å². The summed E-state index contributed by atoms with van der Waals surface area (Å²) >= 11 is 0. The SMILES string of the molecule is COCN1CCC1=O. The molecule has 1 heterocycles. The lowest BCUT2D eigenvalue weighted by Gasteiger charge is -2.29. The van der Waals surface area contributed by atoms with Gasteiger partial charge in [-0.2, -0.15) is 0 Å². The normalized spacial score (nSPS) is 18.6. The van der Waals surface area contributed by atoms with Crippen molar-refractivity contribution in [3.63, 3.8) is 0 Å². The van der Waals surface area contributed by atoms with Crippen molar-refractivity contribution in [3.05, 3.63) is 0 Å². The lowest BCUT2D eigenvalue weighted by Crippen LogP contribution is -2.44. The van der Waals surface area contributed by atoms with Crippen LogP contribution in [0.4, 0.5) is 0 Å². The second-order valence-corrected chi connectivity index (χ2v) is 1.82. The number of methoxy groups -OCH3 is 1. The molecule has 0 spiro atoms. The van der Waals surface area contributed by atoms with Crippen LogP contribution in [0.3, 0.4) is 0 Å². The maximum absolute atomic E-state index is 10.5. The summed E-state index contributed by atoms with van der Waals surface area (Å²) in [5.41, 5.74) is 0. The number of hydrogen-bond acceptors (Lipinski definition) is 2. The summed E-state index contributed by atoms with van der Waals surface area (Å²) in [7, 11) is 1.59. The molecule has 3 nitrogen and oxygen atoms in total. The van der Waals surface area contributed by atoms with Gasteiger partial charge in [-0.25, -0.2) is 0 Å². The first-order valence-corrected chi connectivity index (χ1v) is 2.61. The van der Waals surface area contributed by atoms with E-state index in [-0.39, 0.29) is 5.91 Å². The van der Waals surface area contributed by atoms with Crippen molar-refractivity contribution >= 4 is 5.91 Å². The van der Waals surface area contributed by atoms with Crippen molar-refractivity contribution in [2.75, 3.05) is 20.4 Å². The molecule has 1 aliphatic rings. The Balaban J connectivity index is 2.17. The average molecular weight is 115 g/mol. The van der Waals surface area contributed by atoms with E-state index in [0.717, 1.165) is 6.54 Å². The Morgan fingerprint density at radius 1 is 1.88 bits per heavy atom. The molecule has 0 aliphatic carbocycles. The quantitative estimate of drug-likeness (QED) is 0.467. The van der Waals surface area contributed by atoms with Gasteiger partial charge in [0.2, 0.25) is 5.91 Å². The fourth-order valence-corrected chi connectivity index (χ4v) is 0.654. The van der Waals surface area contributed by atoms with E-state index in [1.165, 1.54) is 0 Å². The molecular weight excluding hydrogens is 106 g/mol. The molecule has 3 heteroatoms. The third-order valence-corrected chi connectivity index (χ3v) is 1.23. The number of carbonyl (C=O) groups is 1. The highest BCUT2D eigenvalue weighted by Crippen LogP contribution is 2.06. The van der Waals surface area contributed by atoms with Crippen molar-refractivity contribution in [2.45, 2.75) is 6.42 Å². The van der Waals surface area contributed by atoms with Crippen molar-refractivity contribution in [1.82, 2.24) is 4.90 Å². The zero-order valence-electron chi connectivity index (χ0n) is 4.89. The third kappa shape index (κ3) is 0.816. The van der Waals surface area contributed by atoms with Gasteiger partial charge in [0, 0.05) is 20.1 Å². The van der Waals surface area contributed by atoms with Crippen LogP contribution in [0, 0.1) is 0 Å². The molecule has 0 saturated carbocycles. The summed E-state index contributed by atoms with van der Waals surface area (Å²) in [5.74, 6) is 0.201. The van der Waals surface area contributed by atoms with Gasteiger partial charge in [0.05, 0.1) is 0 Å². The van der Waals surface area contributed by atoms with Crippen LogP contribution in [0.15, 0.2) is 0 Å². The number of nitrogens with zero attached hydrogens (tertiary/aromatic N) is 1. The third-order valence-electron chi connectivity index (χ3n) is 1.23. The summed E-state index contributed by atoms with van der Waals surface area (Å²) in [6, 6.07) is 0. The van der Waals surface area contributed by atoms with E-state index in [1.807, 2.05) is 0 Å². The standard InChI is InChI=1S/C5H9NO2/c1-8-4-6-3-2-5(6)7/h2-4H2,1H3. The predicted octanol–water partition coefficient (Wildman–Crippen LogP) is -0.177. The first kappa shape index (κ1) is 5.56. The second-order valence-electron chi connectivity index (χ2n) is 1.82. The first-order valence-electron chi connectivity index (χ1n) is 2.61. The molecule has 1 fully saturated rings. The van der Waals surface area contributed by atoms with Crippen LogP contribution in [0.25, 0.3) is 0 Å². The van der Waals surface area contributed by atoms with Crippen molar-refractivity contribution in [2.24, 2.45) is 0 Å². The Morgan fingerprint density at radius 3 is 2.75 bits per heavy atom. The van der Waals surface area contributed by atoms with Gasteiger partial charge in [-0.1, -0.05) is 0 Å². The average Bonchev–Trinajstić information content (AvgIpc) is 1.79. The monoisotopic (exact) mass is 115 g/mol. The molecule has 0 bridgehead atoms. The summed E-state index contributed by atoms with van der Waals surface area (Å²) in [5, 5.41) is 0. The molecule has 0 aromatic heterocycles. The topological polar surface area (TPSA) is 29.5 Å². The van der Waals surface area contributed by atoms with E-state index in [9.17, 15) is 4.79 Å². The van der Waals surface area contributed by atoms with Crippen LogP contribution >= 0.6 is 0 Å².